The van der Waals surface area contributed by atoms with E-state index in [4.69, 9.17) is 9.47 Å². The summed E-state index contributed by atoms with van der Waals surface area (Å²) in [5.74, 6) is 0.616. The Labute approximate surface area is 135 Å². The zero-order valence-corrected chi connectivity index (χ0v) is 13.2. The van der Waals surface area contributed by atoms with E-state index in [9.17, 15) is 9.59 Å². The van der Waals surface area contributed by atoms with Crippen molar-refractivity contribution in [2.24, 2.45) is 0 Å². The number of rotatable bonds is 3. The molecule has 0 atom stereocenters. The number of nitrogens with zero attached hydrogens (tertiary/aromatic N) is 2. The third-order valence-electron chi connectivity index (χ3n) is 4.03. The molecule has 0 aromatic heterocycles. The maximum atomic E-state index is 11.9. The van der Waals surface area contributed by atoms with Gasteiger partial charge < -0.3 is 19.7 Å². The first-order valence-corrected chi connectivity index (χ1v) is 7.85. The molecule has 1 fully saturated rings. The number of carbonyl (C=O) groups is 2. The summed E-state index contributed by atoms with van der Waals surface area (Å²) in [6, 6.07) is 5.95. The van der Waals surface area contributed by atoms with Gasteiger partial charge in [-0.15, -0.1) is 0 Å². The fourth-order valence-corrected chi connectivity index (χ4v) is 2.79. The molecule has 0 bridgehead atoms. The van der Waals surface area contributed by atoms with Crippen molar-refractivity contribution in [1.82, 2.24) is 15.1 Å². The van der Waals surface area contributed by atoms with Crippen LogP contribution in [0.1, 0.15) is 12.5 Å². The van der Waals surface area contributed by atoms with Crippen molar-refractivity contribution < 1.29 is 19.1 Å². The van der Waals surface area contributed by atoms with Crippen molar-refractivity contribution in [3.63, 3.8) is 0 Å². The Bertz CT molecular complexity index is 597. The maximum Gasteiger partial charge on any atom is 0.311 e. The van der Waals surface area contributed by atoms with E-state index in [2.05, 4.69) is 10.2 Å². The molecular formula is C16H21N3O4. The summed E-state index contributed by atoms with van der Waals surface area (Å²) in [7, 11) is 0. The lowest BCUT2D eigenvalue weighted by molar-refractivity contribution is -0.147. The van der Waals surface area contributed by atoms with E-state index in [-0.39, 0.29) is 6.79 Å². The number of benzene rings is 1. The van der Waals surface area contributed by atoms with E-state index >= 15 is 0 Å². The van der Waals surface area contributed by atoms with Crippen LogP contribution in [0.3, 0.4) is 0 Å². The van der Waals surface area contributed by atoms with Crippen LogP contribution in [0.25, 0.3) is 0 Å². The van der Waals surface area contributed by atoms with Gasteiger partial charge in [-0.05, 0) is 24.6 Å². The van der Waals surface area contributed by atoms with Crippen molar-refractivity contribution in [3.05, 3.63) is 23.8 Å². The maximum absolute atomic E-state index is 11.9. The molecule has 2 heterocycles. The van der Waals surface area contributed by atoms with Crippen LogP contribution in [0.2, 0.25) is 0 Å². The van der Waals surface area contributed by atoms with Crippen LogP contribution in [0.4, 0.5) is 0 Å². The van der Waals surface area contributed by atoms with Gasteiger partial charge in [-0.1, -0.05) is 6.07 Å². The first kappa shape index (κ1) is 15.6. The Morgan fingerprint density at radius 2 is 1.87 bits per heavy atom. The molecule has 1 aromatic carbocycles. The molecule has 2 aliphatic heterocycles. The zero-order chi connectivity index (χ0) is 16.2. The van der Waals surface area contributed by atoms with Gasteiger partial charge in [0.1, 0.15) is 0 Å². The van der Waals surface area contributed by atoms with Gasteiger partial charge in [-0.3, -0.25) is 14.5 Å². The molecule has 0 spiro atoms. The Balaban J connectivity index is 1.51. The van der Waals surface area contributed by atoms with Crippen LogP contribution >= 0.6 is 0 Å². The van der Waals surface area contributed by atoms with Crippen LogP contribution in [-0.2, 0) is 16.1 Å². The minimum absolute atomic E-state index is 0.277. The summed E-state index contributed by atoms with van der Waals surface area (Å²) >= 11 is 0. The second-order valence-electron chi connectivity index (χ2n) is 5.62. The molecule has 7 nitrogen and oxygen atoms in total. The van der Waals surface area contributed by atoms with Gasteiger partial charge in [0.15, 0.2) is 11.5 Å². The number of hydrogen-bond acceptors (Lipinski definition) is 5. The van der Waals surface area contributed by atoms with Crippen molar-refractivity contribution in [2.75, 3.05) is 39.5 Å². The first-order valence-electron chi connectivity index (χ1n) is 7.85. The number of hydrogen-bond donors (Lipinski definition) is 1. The van der Waals surface area contributed by atoms with Crippen LogP contribution in [0.5, 0.6) is 11.5 Å². The summed E-state index contributed by atoms with van der Waals surface area (Å²) < 4.78 is 10.7. The molecule has 0 aliphatic carbocycles. The van der Waals surface area contributed by atoms with Gasteiger partial charge in [0.2, 0.25) is 6.79 Å². The van der Waals surface area contributed by atoms with Gasteiger partial charge in [-0.25, -0.2) is 0 Å². The number of nitrogens with one attached hydrogen (secondary N) is 1. The Kier molecular flexibility index (Phi) is 4.66. The minimum atomic E-state index is -0.517. The number of piperazine rings is 1. The number of ether oxygens (including phenoxy) is 2. The van der Waals surface area contributed by atoms with Gasteiger partial charge in [0, 0.05) is 39.3 Å². The quantitative estimate of drug-likeness (QED) is 0.806. The number of amides is 2. The van der Waals surface area contributed by atoms with E-state index in [1.54, 1.807) is 11.8 Å². The van der Waals surface area contributed by atoms with E-state index in [0.717, 1.165) is 36.7 Å². The van der Waals surface area contributed by atoms with E-state index in [1.165, 1.54) is 0 Å². The second-order valence-corrected chi connectivity index (χ2v) is 5.62. The predicted octanol–water partition coefficient (Wildman–Crippen LogP) is 0.196. The van der Waals surface area contributed by atoms with Crippen LogP contribution in [-0.4, -0.2) is 61.1 Å². The summed E-state index contributed by atoms with van der Waals surface area (Å²) in [5.41, 5.74) is 1.15. The summed E-state index contributed by atoms with van der Waals surface area (Å²) in [6.07, 6.45) is 0. The standard InChI is InChI=1S/C16H21N3O4/c1-2-17-15(20)16(21)19-7-5-18(6-8-19)10-12-3-4-13-14(9-12)23-11-22-13/h3-4,9H,2,5-8,10-11H2,1H3,(H,17,20). The number of likely N-dealkylation sites (N-methyl/N-ethyl adjacent to an activating group) is 1. The summed E-state index contributed by atoms with van der Waals surface area (Å²) in [6.45, 7) is 5.97. The zero-order valence-electron chi connectivity index (χ0n) is 13.2. The van der Waals surface area contributed by atoms with Crippen molar-refractivity contribution >= 4 is 11.8 Å². The highest BCUT2D eigenvalue weighted by Gasteiger charge is 2.25. The molecule has 2 aliphatic rings. The van der Waals surface area contributed by atoms with E-state index in [1.807, 2.05) is 18.2 Å². The first-order chi connectivity index (χ1) is 11.2. The molecule has 1 aromatic rings. The Morgan fingerprint density at radius 1 is 1.13 bits per heavy atom. The SMILES string of the molecule is CCNC(=O)C(=O)N1CCN(Cc2ccc3c(c2)OCO3)CC1. The molecule has 1 saturated heterocycles. The highest BCUT2D eigenvalue weighted by Crippen LogP contribution is 2.32. The monoisotopic (exact) mass is 319 g/mol. The highest BCUT2D eigenvalue weighted by molar-refractivity contribution is 6.35. The summed E-state index contributed by atoms with van der Waals surface area (Å²) in [5, 5.41) is 2.55. The molecule has 1 N–H and O–H groups in total. The van der Waals surface area contributed by atoms with Gasteiger partial charge in [0.25, 0.3) is 0 Å². The van der Waals surface area contributed by atoms with Crippen LogP contribution < -0.4 is 14.8 Å². The minimum Gasteiger partial charge on any atom is -0.454 e. The van der Waals surface area contributed by atoms with Gasteiger partial charge in [0.05, 0.1) is 0 Å². The van der Waals surface area contributed by atoms with Crippen molar-refractivity contribution in [2.45, 2.75) is 13.5 Å². The predicted molar refractivity (Wildman–Crippen MR) is 83.1 cm³/mol. The second kappa shape index (κ2) is 6.87. The molecule has 0 unspecified atom stereocenters. The average Bonchev–Trinajstić information content (AvgIpc) is 3.03. The molecule has 0 saturated carbocycles. The third kappa shape index (κ3) is 3.56. The fourth-order valence-electron chi connectivity index (χ4n) is 2.79. The number of carbonyl (C=O) groups excluding carboxylic acids is 2. The van der Waals surface area contributed by atoms with Gasteiger partial charge in [-0.2, -0.15) is 0 Å². The molecule has 124 valence electrons. The molecule has 0 radical (unpaired) electrons. The van der Waals surface area contributed by atoms with Crippen molar-refractivity contribution in [1.29, 1.82) is 0 Å². The van der Waals surface area contributed by atoms with Crippen LogP contribution in [0, 0.1) is 0 Å². The molecule has 23 heavy (non-hydrogen) atoms. The Morgan fingerprint density at radius 3 is 2.61 bits per heavy atom. The van der Waals surface area contributed by atoms with Gasteiger partial charge >= 0.3 is 11.8 Å². The largest absolute Gasteiger partial charge is 0.454 e. The molecule has 3 rings (SSSR count). The number of fused-ring (bicyclic) bond motifs is 1. The lowest BCUT2D eigenvalue weighted by Gasteiger charge is -2.34. The topological polar surface area (TPSA) is 71.1 Å². The lowest BCUT2D eigenvalue weighted by Crippen LogP contribution is -2.52. The van der Waals surface area contributed by atoms with Crippen LogP contribution in [0.15, 0.2) is 18.2 Å². The average molecular weight is 319 g/mol. The van der Waals surface area contributed by atoms with Crippen molar-refractivity contribution in [3.8, 4) is 11.5 Å². The third-order valence-corrected chi connectivity index (χ3v) is 4.03. The highest BCUT2D eigenvalue weighted by atomic mass is 16.7. The van der Waals surface area contributed by atoms with E-state index < -0.39 is 11.8 Å². The fraction of sp³-hybridized carbons (Fsp3) is 0.500. The normalized spacial score (nSPS) is 17.2. The van der Waals surface area contributed by atoms with E-state index in [0.29, 0.717) is 19.6 Å². The molecule has 7 heteroatoms. The molecule has 2 amide bonds. The Hall–Kier alpha value is -2.28. The lowest BCUT2D eigenvalue weighted by atomic mass is 10.1. The molecular weight excluding hydrogens is 298 g/mol. The smallest absolute Gasteiger partial charge is 0.311 e. The summed E-state index contributed by atoms with van der Waals surface area (Å²) in [4.78, 5) is 27.4.